The largest absolute Gasteiger partial charge is 0.494 e. The van der Waals surface area contributed by atoms with Crippen LogP contribution in [0.2, 0.25) is 0 Å². The Kier molecular flexibility index (Phi) is 3.50. The molecular formula is C16H17N3OS2. The minimum absolute atomic E-state index is 0.771. The van der Waals surface area contributed by atoms with Crippen molar-refractivity contribution >= 4 is 43.2 Å². The molecule has 0 saturated carbocycles. The van der Waals surface area contributed by atoms with Gasteiger partial charge >= 0.3 is 0 Å². The molecule has 114 valence electrons. The first kappa shape index (κ1) is 14.0. The molecule has 2 heterocycles. The predicted octanol–water partition coefficient (Wildman–Crippen LogP) is 4.63. The standard InChI is InChI=1S/C16H17N3OS2/c1-9-6-7-10-13(8-9)22-15(17-10)19-16-18-14-11(20-2)4-3-5-12(14)21-16/h3-5,9H,6-8H2,1-2H3,(H,17,18,19)/t9-/m1/s1. The lowest BCUT2D eigenvalue weighted by Crippen LogP contribution is -2.09. The van der Waals surface area contributed by atoms with E-state index in [4.69, 9.17) is 9.72 Å². The Morgan fingerprint density at radius 3 is 2.95 bits per heavy atom. The summed E-state index contributed by atoms with van der Waals surface area (Å²) in [5.74, 6) is 1.58. The van der Waals surface area contributed by atoms with Crippen molar-refractivity contribution in [2.45, 2.75) is 26.2 Å². The van der Waals surface area contributed by atoms with Gasteiger partial charge in [-0.15, -0.1) is 11.3 Å². The van der Waals surface area contributed by atoms with Crippen LogP contribution in [0.3, 0.4) is 0 Å². The van der Waals surface area contributed by atoms with Crippen LogP contribution in [-0.2, 0) is 12.8 Å². The normalized spacial score (nSPS) is 17.5. The molecule has 1 aromatic carbocycles. The number of ether oxygens (including phenoxy) is 1. The van der Waals surface area contributed by atoms with Gasteiger partial charge in [0.15, 0.2) is 10.3 Å². The summed E-state index contributed by atoms with van der Waals surface area (Å²) in [5.41, 5.74) is 2.18. The number of nitrogens with one attached hydrogen (secondary N) is 1. The maximum atomic E-state index is 5.37. The third-order valence-electron chi connectivity index (χ3n) is 4.00. The zero-order valence-corrected chi connectivity index (χ0v) is 14.2. The summed E-state index contributed by atoms with van der Waals surface area (Å²) in [5, 5.41) is 5.21. The third-order valence-corrected chi connectivity index (χ3v) is 5.97. The number of anilines is 2. The molecule has 2 aromatic heterocycles. The summed E-state index contributed by atoms with van der Waals surface area (Å²) in [6.07, 6.45) is 3.50. The van der Waals surface area contributed by atoms with Crippen molar-refractivity contribution in [2.75, 3.05) is 12.4 Å². The molecule has 0 fully saturated rings. The molecule has 1 N–H and O–H groups in total. The number of thiazole rings is 2. The fourth-order valence-corrected chi connectivity index (χ4v) is 4.94. The van der Waals surface area contributed by atoms with E-state index in [2.05, 4.69) is 23.3 Å². The SMILES string of the molecule is COc1cccc2sc(Nc3nc4c(s3)C[C@H](C)CC4)nc12. The average molecular weight is 331 g/mol. The number of nitrogens with zero attached hydrogens (tertiary/aromatic N) is 2. The van der Waals surface area contributed by atoms with Gasteiger partial charge in [0.1, 0.15) is 11.3 Å². The van der Waals surface area contributed by atoms with E-state index in [1.807, 2.05) is 12.1 Å². The number of hydrogen-bond acceptors (Lipinski definition) is 6. The van der Waals surface area contributed by atoms with E-state index < -0.39 is 0 Å². The molecule has 0 unspecified atom stereocenters. The fraction of sp³-hybridized carbons (Fsp3) is 0.375. The van der Waals surface area contributed by atoms with Crippen LogP contribution in [0.1, 0.15) is 23.9 Å². The highest BCUT2D eigenvalue weighted by Crippen LogP contribution is 2.36. The Bertz CT molecular complexity index is 824. The quantitative estimate of drug-likeness (QED) is 0.760. The highest BCUT2D eigenvalue weighted by Gasteiger charge is 2.20. The third kappa shape index (κ3) is 2.46. The predicted molar refractivity (Wildman–Crippen MR) is 92.8 cm³/mol. The first-order valence-corrected chi connectivity index (χ1v) is 9.05. The first-order valence-electron chi connectivity index (χ1n) is 7.42. The molecule has 0 radical (unpaired) electrons. The van der Waals surface area contributed by atoms with E-state index in [9.17, 15) is 0 Å². The number of aromatic nitrogens is 2. The Labute approximate surface area is 137 Å². The highest BCUT2D eigenvalue weighted by molar-refractivity contribution is 7.22. The van der Waals surface area contributed by atoms with Gasteiger partial charge < -0.3 is 10.1 Å². The van der Waals surface area contributed by atoms with Crippen LogP contribution >= 0.6 is 22.7 Å². The van der Waals surface area contributed by atoms with Crippen LogP contribution in [-0.4, -0.2) is 17.1 Å². The van der Waals surface area contributed by atoms with Crippen LogP contribution in [0, 0.1) is 5.92 Å². The van der Waals surface area contributed by atoms with Crippen LogP contribution < -0.4 is 10.1 Å². The van der Waals surface area contributed by atoms with E-state index in [1.54, 1.807) is 29.8 Å². The van der Waals surface area contributed by atoms with Gasteiger partial charge in [0.25, 0.3) is 0 Å². The number of fused-ring (bicyclic) bond motifs is 2. The summed E-state index contributed by atoms with van der Waals surface area (Å²) in [6.45, 7) is 2.32. The Balaban J connectivity index is 1.64. The second kappa shape index (κ2) is 5.52. The molecule has 4 nitrogen and oxygen atoms in total. The van der Waals surface area contributed by atoms with Crippen molar-refractivity contribution in [3.8, 4) is 5.75 Å². The molecule has 0 spiro atoms. The molecule has 1 aliphatic carbocycles. The summed E-state index contributed by atoms with van der Waals surface area (Å²) in [7, 11) is 1.68. The summed E-state index contributed by atoms with van der Waals surface area (Å²) in [4.78, 5) is 10.8. The first-order chi connectivity index (χ1) is 10.7. The average Bonchev–Trinajstić information content (AvgIpc) is 3.09. The molecule has 4 rings (SSSR count). The minimum Gasteiger partial charge on any atom is -0.494 e. The lowest BCUT2D eigenvalue weighted by atomic mass is 9.93. The molecule has 22 heavy (non-hydrogen) atoms. The molecule has 0 amide bonds. The van der Waals surface area contributed by atoms with Crippen LogP contribution in [0.5, 0.6) is 5.75 Å². The van der Waals surface area contributed by atoms with Gasteiger partial charge in [-0.3, -0.25) is 0 Å². The number of hydrogen-bond donors (Lipinski definition) is 1. The molecule has 0 aliphatic heterocycles. The van der Waals surface area contributed by atoms with E-state index in [1.165, 1.54) is 17.0 Å². The molecular weight excluding hydrogens is 314 g/mol. The minimum atomic E-state index is 0.771. The van der Waals surface area contributed by atoms with Gasteiger partial charge in [0.05, 0.1) is 17.5 Å². The number of benzene rings is 1. The van der Waals surface area contributed by atoms with Gasteiger partial charge in [-0.05, 0) is 37.3 Å². The zero-order chi connectivity index (χ0) is 15.1. The Hall–Kier alpha value is -1.66. The summed E-state index contributed by atoms with van der Waals surface area (Å²) >= 11 is 3.40. The maximum Gasteiger partial charge on any atom is 0.190 e. The number of methoxy groups -OCH3 is 1. The topological polar surface area (TPSA) is 47.0 Å². The Morgan fingerprint density at radius 2 is 2.09 bits per heavy atom. The molecule has 0 bridgehead atoms. The second-order valence-electron chi connectivity index (χ2n) is 5.69. The van der Waals surface area contributed by atoms with Crippen molar-refractivity contribution in [3.05, 3.63) is 28.8 Å². The molecule has 0 saturated heterocycles. The molecule has 1 atom stereocenters. The van der Waals surface area contributed by atoms with Gasteiger partial charge in [-0.25, -0.2) is 9.97 Å². The van der Waals surface area contributed by atoms with Gasteiger partial charge in [-0.1, -0.05) is 24.3 Å². The van der Waals surface area contributed by atoms with Crippen molar-refractivity contribution in [2.24, 2.45) is 5.92 Å². The summed E-state index contributed by atoms with van der Waals surface area (Å²) < 4.78 is 6.49. The smallest absolute Gasteiger partial charge is 0.190 e. The molecule has 1 aliphatic rings. The van der Waals surface area contributed by atoms with E-state index in [0.717, 1.165) is 45.0 Å². The molecule has 6 heteroatoms. The fourth-order valence-electron chi connectivity index (χ4n) is 2.83. The molecule has 3 aromatic rings. The van der Waals surface area contributed by atoms with E-state index in [-0.39, 0.29) is 0 Å². The van der Waals surface area contributed by atoms with E-state index in [0.29, 0.717) is 0 Å². The highest BCUT2D eigenvalue weighted by atomic mass is 32.1. The van der Waals surface area contributed by atoms with Crippen LogP contribution in [0.4, 0.5) is 10.3 Å². The van der Waals surface area contributed by atoms with Crippen LogP contribution in [0.15, 0.2) is 18.2 Å². The van der Waals surface area contributed by atoms with Crippen molar-refractivity contribution in [3.63, 3.8) is 0 Å². The van der Waals surface area contributed by atoms with Crippen molar-refractivity contribution in [1.29, 1.82) is 0 Å². The van der Waals surface area contributed by atoms with Crippen molar-refractivity contribution < 1.29 is 4.74 Å². The lowest BCUT2D eigenvalue weighted by Gasteiger charge is -2.15. The number of aryl methyl sites for hydroxylation is 1. The second-order valence-corrected chi connectivity index (χ2v) is 7.80. The monoisotopic (exact) mass is 331 g/mol. The lowest BCUT2D eigenvalue weighted by molar-refractivity contribution is 0.419. The van der Waals surface area contributed by atoms with E-state index >= 15 is 0 Å². The summed E-state index contributed by atoms with van der Waals surface area (Å²) in [6, 6.07) is 6.00. The number of rotatable bonds is 3. The van der Waals surface area contributed by atoms with Crippen molar-refractivity contribution in [1.82, 2.24) is 9.97 Å². The Morgan fingerprint density at radius 1 is 1.23 bits per heavy atom. The zero-order valence-electron chi connectivity index (χ0n) is 12.5. The maximum absolute atomic E-state index is 5.37. The van der Waals surface area contributed by atoms with Gasteiger partial charge in [0.2, 0.25) is 0 Å². The number of para-hydroxylation sites is 1. The van der Waals surface area contributed by atoms with Gasteiger partial charge in [0, 0.05) is 4.88 Å². The van der Waals surface area contributed by atoms with Crippen LogP contribution in [0.25, 0.3) is 10.2 Å². The van der Waals surface area contributed by atoms with Gasteiger partial charge in [-0.2, -0.15) is 0 Å².